The maximum Gasteiger partial charge on any atom is 0.254 e. The Hall–Kier alpha value is -1.50. The molecule has 2 aliphatic heterocycles. The minimum absolute atomic E-state index is 0.123. The molecule has 6 heteroatoms. The summed E-state index contributed by atoms with van der Waals surface area (Å²) in [5.41, 5.74) is 0.678. The molecule has 2 aliphatic rings. The van der Waals surface area contributed by atoms with Gasteiger partial charge >= 0.3 is 0 Å². The molecule has 2 N–H and O–H groups in total. The van der Waals surface area contributed by atoms with E-state index in [1.165, 1.54) is 12.1 Å². The lowest BCUT2D eigenvalue weighted by atomic mass is 9.82. The highest BCUT2D eigenvalue weighted by Gasteiger charge is 2.43. The van der Waals surface area contributed by atoms with Gasteiger partial charge < -0.3 is 19.8 Å². The lowest BCUT2D eigenvalue weighted by Gasteiger charge is -2.46. The van der Waals surface area contributed by atoms with E-state index >= 15 is 0 Å². The Kier molecular flexibility index (Phi) is 4.40. The van der Waals surface area contributed by atoms with E-state index in [-0.39, 0.29) is 12.5 Å². The van der Waals surface area contributed by atoms with Gasteiger partial charge in [-0.05, 0) is 37.5 Å². The van der Waals surface area contributed by atoms with Crippen LogP contribution in [-0.4, -0.2) is 58.5 Å². The van der Waals surface area contributed by atoms with Gasteiger partial charge in [-0.2, -0.15) is 0 Å². The van der Waals surface area contributed by atoms with E-state index in [1.807, 2.05) is 0 Å². The summed E-state index contributed by atoms with van der Waals surface area (Å²) >= 11 is 0. The number of hydrogen-bond acceptors (Lipinski definition) is 4. The number of carbonyl (C=O) groups is 1. The van der Waals surface area contributed by atoms with Gasteiger partial charge in [0.2, 0.25) is 0 Å². The molecule has 2 fully saturated rings. The molecule has 1 amide bonds. The van der Waals surface area contributed by atoms with Crippen LogP contribution < -0.4 is 0 Å². The summed E-state index contributed by atoms with van der Waals surface area (Å²) in [6, 6.07) is 4.23. The summed E-state index contributed by atoms with van der Waals surface area (Å²) in [5, 5.41) is 19.4. The number of ether oxygens (including phenoxy) is 1. The lowest BCUT2D eigenvalue weighted by Crippen LogP contribution is -2.55. The maximum absolute atomic E-state index is 13.4. The van der Waals surface area contributed by atoms with Crippen molar-refractivity contribution in [2.45, 2.75) is 44.0 Å². The van der Waals surface area contributed by atoms with Crippen LogP contribution >= 0.6 is 0 Å². The number of amides is 1. The van der Waals surface area contributed by atoms with Crippen molar-refractivity contribution in [1.82, 2.24) is 4.90 Å². The van der Waals surface area contributed by atoms with Gasteiger partial charge in [-0.15, -0.1) is 0 Å². The fraction of sp³-hybridized carbons (Fsp3) is 0.588. The number of nitrogens with zero attached hydrogens (tertiary/aromatic N) is 1. The van der Waals surface area contributed by atoms with Gasteiger partial charge in [0, 0.05) is 25.1 Å². The summed E-state index contributed by atoms with van der Waals surface area (Å²) in [5.74, 6) is -0.589. The van der Waals surface area contributed by atoms with E-state index in [1.54, 1.807) is 17.9 Å². The van der Waals surface area contributed by atoms with E-state index in [0.717, 1.165) is 5.56 Å². The van der Waals surface area contributed by atoms with Gasteiger partial charge in [-0.25, -0.2) is 4.39 Å². The molecular weight excluding hydrogens is 301 g/mol. The molecule has 1 aromatic rings. The van der Waals surface area contributed by atoms with Gasteiger partial charge in [0.05, 0.1) is 18.3 Å². The number of aryl methyl sites for hydroxylation is 1. The van der Waals surface area contributed by atoms with Gasteiger partial charge in [0.15, 0.2) is 0 Å². The molecule has 0 unspecified atom stereocenters. The minimum atomic E-state index is -0.838. The normalized spacial score (nSPS) is 27.2. The summed E-state index contributed by atoms with van der Waals surface area (Å²) in [6.07, 6.45) is -0.0186. The van der Waals surface area contributed by atoms with Crippen LogP contribution in [0.2, 0.25) is 0 Å². The van der Waals surface area contributed by atoms with E-state index in [4.69, 9.17) is 4.74 Å². The van der Waals surface area contributed by atoms with Gasteiger partial charge in [0.25, 0.3) is 5.91 Å². The summed E-state index contributed by atoms with van der Waals surface area (Å²) in [4.78, 5) is 14.3. The second-order valence-electron chi connectivity index (χ2n) is 6.58. The van der Waals surface area contributed by atoms with Crippen molar-refractivity contribution < 1.29 is 24.1 Å². The molecule has 2 atom stereocenters. The molecular formula is C17H22FNO4. The number of piperidine rings is 1. The quantitative estimate of drug-likeness (QED) is 0.816. The highest BCUT2D eigenvalue weighted by Crippen LogP contribution is 2.35. The first-order valence-corrected chi connectivity index (χ1v) is 7.96. The van der Waals surface area contributed by atoms with Gasteiger partial charge in [0.1, 0.15) is 11.9 Å². The van der Waals surface area contributed by atoms with Crippen molar-refractivity contribution in [3.05, 3.63) is 35.1 Å². The van der Waals surface area contributed by atoms with E-state index in [0.29, 0.717) is 37.9 Å². The predicted molar refractivity (Wildman–Crippen MR) is 81.6 cm³/mol. The molecule has 0 bridgehead atoms. The Labute approximate surface area is 134 Å². The molecule has 126 valence electrons. The topological polar surface area (TPSA) is 70.0 Å². The number of halogens is 1. The molecule has 2 heterocycles. The van der Waals surface area contributed by atoms with E-state index in [2.05, 4.69) is 0 Å². The maximum atomic E-state index is 13.4. The zero-order valence-corrected chi connectivity index (χ0v) is 13.2. The number of likely N-dealkylation sites (tertiary alicyclic amines) is 1. The summed E-state index contributed by atoms with van der Waals surface area (Å²) in [7, 11) is 0. The molecule has 5 nitrogen and oxygen atoms in total. The first-order chi connectivity index (χ1) is 10.9. The molecule has 3 rings (SSSR count). The fourth-order valence-electron chi connectivity index (χ4n) is 3.41. The van der Waals surface area contributed by atoms with Gasteiger partial charge in [-0.3, -0.25) is 4.79 Å². The SMILES string of the molecule is Cc1ccc(F)cc1C(=O)N1CCC2(CC1)C[C@@H](O)[C@@H](O)CO2. The highest BCUT2D eigenvalue weighted by molar-refractivity contribution is 5.95. The van der Waals surface area contributed by atoms with Crippen molar-refractivity contribution in [1.29, 1.82) is 0 Å². The molecule has 1 aromatic carbocycles. The van der Waals surface area contributed by atoms with Crippen LogP contribution in [0.1, 0.15) is 35.2 Å². The summed E-state index contributed by atoms with van der Waals surface area (Å²) < 4.78 is 19.2. The average molecular weight is 323 g/mol. The van der Waals surface area contributed by atoms with Crippen LogP contribution in [0.15, 0.2) is 18.2 Å². The predicted octanol–water partition coefficient (Wildman–Crippen LogP) is 1.25. The third-order valence-corrected chi connectivity index (χ3v) is 4.98. The number of aliphatic hydroxyl groups is 2. The molecule has 0 radical (unpaired) electrons. The zero-order valence-electron chi connectivity index (χ0n) is 13.2. The number of hydrogen-bond donors (Lipinski definition) is 2. The largest absolute Gasteiger partial charge is 0.390 e. The summed E-state index contributed by atoms with van der Waals surface area (Å²) in [6.45, 7) is 2.91. The first-order valence-electron chi connectivity index (χ1n) is 7.96. The Morgan fingerprint density at radius 2 is 2.00 bits per heavy atom. The van der Waals surface area contributed by atoms with Crippen molar-refractivity contribution in [2.24, 2.45) is 0 Å². The molecule has 1 spiro atoms. The molecule has 23 heavy (non-hydrogen) atoms. The monoisotopic (exact) mass is 323 g/mol. The number of aliphatic hydroxyl groups excluding tert-OH is 2. The van der Waals surface area contributed by atoms with E-state index < -0.39 is 23.6 Å². The van der Waals surface area contributed by atoms with Crippen molar-refractivity contribution in [3.63, 3.8) is 0 Å². The Morgan fingerprint density at radius 1 is 1.30 bits per heavy atom. The van der Waals surface area contributed by atoms with Gasteiger partial charge in [-0.1, -0.05) is 6.07 Å². The van der Waals surface area contributed by atoms with Crippen LogP contribution in [0.5, 0.6) is 0 Å². The zero-order chi connectivity index (χ0) is 16.6. The number of benzene rings is 1. The lowest BCUT2D eigenvalue weighted by molar-refractivity contribution is -0.185. The number of rotatable bonds is 1. The van der Waals surface area contributed by atoms with Crippen molar-refractivity contribution >= 4 is 5.91 Å². The van der Waals surface area contributed by atoms with Crippen molar-refractivity contribution in [3.8, 4) is 0 Å². The van der Waals surface area contributed by atoms with Crippen LogP contribution in [0.4, 0.5) is 4.39 Å². The molecule has 0 aromatic heterocycles. The molecule has 2 saturated heterocycles. The smallest absolute Gasteiger partial charge is 0.254 e. The number of carbonyl (C=O) groups excluding carboxylic acids is 1. The second kappa shape index (κ2) is 6.19. The Bertz CT molecular complexity index is 598. The van der Waals surface area contributed by atoms with Crippen LogP contribution in [0, 0.1) is 12.7 Å². The van der Waals surface area contributed by atoms with Crippen LogP contribution in [0.25, 0.3) is 0 Å². The van der Waals surface area contributed by atoms with Crippen LogP contribution in [-0.2, 0) is 4.74 Å². The average Bonchev–Trinajstić information content (AvgIpc) is 2.54. The van der Waals surface area contributed by atoms with Crippen molar-refractivity contribution in [2.75, 3.05) is 19.7 Å². The minimum Gasteiger partial charge on any atom is -0.390 e. The molecule has 0 aliphatic carbocycles. The Balaban J connectivity index is 1.67. The molecule has 0 saturated carbocycles. The first kappa shape index (κ1) is 16.4. The fourth-order valence-corrected chi connectivity index (χ4v) is 3.41. The van der Waals surface area contributed by atoms with Crippen LogP contribution in [0.3, 0.4) is 0 Å². The Morgan fingerprint density at radius 3 is 2.65 bits per heavy atom. The van der Waals surface area contributed by atoms with E-state index in [9.17, 15) is 19.4 Å². The highest BCUT2D eigenvalue weighted by atomic mass is 19.1. The standard InChI is InChI=1S/C17H22FNO4/c1-11-2-3-12(18)8-13(11)16(22)19-6-4-17(5-7-19)9-14(20)15(21)10-23-17/h2-3,8,14-15,20-21H,4-7,9-10H2,1H3/t14-,15+/m1/s1. The second-order valence-corrected chi connectivity index (χ2v) is 6.58. The third-order valence-electron chi connectivity index (χ3n) is 4.98. The third kappa shape index (κ3) is 3.24.